The molecule has 0 aromatic carbocycles. The number of aliphatic hydroxyl groups excluding tert-OH is 2. The molecule has 0 heterocycles. The van der Waals surface area contributed by atoms with E-state index in [0.29, 0.717) is 12.9 Å². The van der Waals surface area contributed by atoms with Gasteiger partial charge in [0, 0.05) is 0 Å². The van der Waals surface area contributed by atoms with Crippen LogP contribution in [0.3, 0.4) is 0 Å². The molecule has 0 amide bonds. The summed E-state index contributed by atoms with van der Waals surface area (Å²) in [6.07, 6.45) is 0. The van der Waals surface area contributed by atoms with Gasteiger partial charge in [-0.1, -0.05) is 12.9 Å². The van der Waals surface area contributed by atoms with Gasteiger partial charge in [0.05, 0.1) is 0 Å². The Kier molecular flexibility index (Phi) is 200. The Hall–Kier alpha value is -0.676. The Morgan fingerprint density at radius 1 is 1.00 bits per heavy atom. The zero-order chi connectivity index (χ0) is 7.41. The molecule has 0 aromatic heterocycles. The molecular formula is C2H2O5V. The van der Waals surface area contributed by atoms with E-state index in [1.807, 2.05) is 0 Å². The van der Waals surface area contributed by atoms with Crippen LogP contribution < -0.4 is 0 Å². The minimum atomic E-state index is 0.500. The third-order valence-corrected chi connectivity index (χ3v) is 0. The van der Waals surface area contributed by atoms with Gasteiger partial charge in [0.25, 0.3) is 0 Å². The molecule has 0 atom stereocenters. The minimum absolute atomic E-state index is 0.500. The number of hydrogen-bond acceptors (Lipinski definition) is 3. The molecule has 8 heavy (non-hydrogen) atoms. The van der Waals surface area contributed by atoms with E-state index in [2.05, 4.69) is 0 Å². The van der Waals surface area contributed by atoms with E-state index >= 15 is 0 Å². The van der Waals surface area contributed by atoms with Gasteiger partial charge in [-0.3, -0.25) is 0 Å². The fourth-order valence-electron chi connectivity index (χ4n) is 0. The first kappa shape index (κ1) is 15.7. The van der Waals surface area contributed by atoms with Crippen molar-refractivity contribution in [3.8, 4) is 0 Å². The molecule has 0 rings (SSSR count). The van der Waals surface area contributed by atoms with Gasteiger partial charge in [0.15, 0.2) is 0 Å². The summed E-state index contributed by atoms with van der Waals surface area (Å²) < 4.78 is 8.19. The average molecular weight is 157 g/mol. The summed E-state index contributed by atoms with van der Waals surface area (Å²) in [7, 11) is 0. The van der Waals surface area contributed by atoms with Crippen molar-refractivity contribution in [3.63, 3.8) is 0 Å². The van der Waals surface area contributed by atoms with E-state index < -0.39 is 0 Å². The molecule has 0 bridgehead atoms. The Morgan fingerprint density at radius 2 is 1.00 bits per heavy atom. The summed E-state index contributed by atoms with van der Waals surface area (Å²) in [4.78, 5) is 16.5. The molecule has 0 saturated carbocycles. The van der Waals surface area contributed by atoms with Crippen LogP contribution in [0.1, 0.15) is 0 Å². The second-order valence-corrected chi connectivity index (χ2v) is 0.183. The van der Waals surface area contributed by atoms with Crippen LogP contribution in [0, 0.1) is 0 Å². The summed E-state index contributed by atoms with van der Waals surface area (Å²) >= 11 is 1.06. The van der Waals surface area contributed by atoms with Crippen molar-refractivity contribution in [2.45, 2.75) is 0 Å². The second-order valence-electron chi connectivity index (χ2n) is 0.183. The Balaban J connectivity index is -0.0000000483. The molecule has 6 heteroatoms. The van der Waals surface area contributed by atoms with Crippen molar-refractivity contribution in [1.82, 2.24) is 0 Å². The van der Waals surface area contributed by atoms with Crippen molar-refractivity contribution < 1.29 is 40.8 Å². The molecule has 5 nitrogen and oxygen atoms in total. The van der Waals surface area contributed by atoms with Crippen LogP contribution >= 0.6 is 0 Å². The van der Waals surface area contributed by atoms with Crippen molar-refractivity contribution >= 4 is 12.9 Å². The van der Waals surface area contributed by atoms with Gasteiger partial charge >= 0.3 is 21.0 Å². The van der Waals surface area contributed by atoms with Crippen LogP contribution in [0.15, 0.2) is 0 Å². The van der Waals surface area contributed by atoms with E-state index in [0.717, 1.165) is 17.4 Å². The topological polar surface area (TPSA) is 91.7 Å². The fraction of sp³-hybridized carbons (Fsp3) is 0. The normalized spacial score (nSPS) is 3.75. The van der Waals surface area contributed by atoms with Crippen LogP contribution in [-0.2, 0) is 30.6 Å². The van der Waals surface area contributed by atoms with Gasteiger partial charge in [0.2, 0.25) is 0 Å². The van der Waals surface area contributed by atoms with Crippen molar-refractivity contribution in [3.05, 3.63) is 0 Å². The number of hydrogen-bond donors (Lipinski definition) is 2. The summed E-state index contributed by atoms with van der Waals surface area (Å²) in [6, 6.07) is 0. The molecule has 45 valence electrons. The first-order valence-electron chi connectivity index (χ1n) is 1.04. The van der Waals surface area contributed by atoms with E-state index in [1.165, 1.54) is 0 Å². The predicted octanol–water partition coefficient (Wildman–Crippen LogP) is -0.898. The van der Waals surface area contributed by atoms with Gasteiger partial charge < -0.3 is 19.8 Å². The molecule has 0 aromatic rings. The maximum absolute atomic E-state index is 8.24. The molecule has 2 N–H and O–H groups in total. The summed E-state index contributed by atoms with van der Waals surface area (Å²) in [5, 5.41) is 13.5. The first-order chi connectivity index (χ1) is 3.83. The fourth-order valence-corrected chi connectivity index (χ4v) is 0. The van der Waals surface area contributed by atoms with E-state index in [-0.39, 0.29) is 0 Å². The Labute approximate surface area is 54.5 Å². The molecule has 0 saturated heterocycles. The van der Waals surface area contributed by atoms with Gasteiger partial charge in [-0.25, -0.2) is 0 Å². The third kappa shape index (κ3) is 218. The van der Waals surface area contributed by atoms with Crippen LogP contribution in [0.25, 0.3) is 0 Å². The van der Waals surface area contributed by atoms with E-state index in [1.54, 1.807) is 0 Å². The average Bonchev–Trinajstić information content (AvgIpc) is 1.75. The van der Waals surface area contributed by atoms with Crippen molar-refractivity contribution in [2.75, 3.05) is 0 Å². The molecule has 0 aliphatic rings. The molecule has 0 aliphatic carbocycles. The molecular weight excluding hydrogens is 155 g/mol. The monoisotopic (exact) mass is 157 g/mol. The van der Waals surface area contributed by atoms with Gasteiger partial charge in [0.1, 0.15) is 0 Å². The quantitative estimate of drug-likeness (QED) is 0.444. The molecule has 0 aliphatic heterocycles. The Morgan fingerprint density at radius 3 is 1.00 bits per heavy atom. The molecule has 0 fully saturated rings. The Bertz CT molecular complexity index is 39.7. The summed E-state index contributed by atoms with van der Waals surface area (Å²) in [5.74, 6) is 0. The zero-order valence-electron chi connectivity index (χ0n) is 3.57. The van der Waals surface area contributed by atoms with E-state index in [4.69, 9.17) is 23.5 Å². The molecule has 0 spiro atoms. The first-order valence-corrected chi connectivity index (χ1v) is 1.61. The number of rotatable bonds is 0. The van der Waals surface area contributed by atoms with Crippen LogP contribution in [0.2, 0.25) is 0 Å². The molecule has 0 unspecified atom stereocenters. The van der Waals surface area contributed by atoms with Gasteiger partial charge in [-0.2, -0.15) is 0 Å². The SMILES string of the molecule is O=[C-]O.O=[C-]O.[O]=[V+2]. The summed E-state index contributed by atoms with van der Waals surface area (Å²) in [5.41, 5.74) is 0. The predicted molar refractivity (Wildman–Crippen MR) is 17.3 cm³/mol. The second kappa shape index (κ2) is 102. The standard InChI is InChI=1S/2CHO2.O.V/c2*2-1-3;;/h2*(H,2,3);;/q2*-1;;+2. The van der Waals surface area contributed by atoms with Crippen molar-refractivity contribution in [2.24, 2.45) is 0 Å². The summed E-state index contributed by atoms with van der Waals surface area (Å²) in [6.45, 7) is 1.00. The maximum atomic E-state index is 8.24. The zero-order valence-corrected chi connectivity index (χ0v) is 4.96. The molecule has 0 radical (unpaired) electrons. The van der Waals surface area contributed by atoms with Gasteiger partial charge in [-0.05, 0) is 0 Å². The van der Waals surface area contributed by atoms with Crippen LogP contribution in [-0.4, -0.2) is 23.2 Å². The van der Waals surface area contributed by atoms with Crippen molar-refractivity contribution in [1.29, 1.82) is 0 Å². The van der Waals surface area contributed by atoms with Crippen LogP contribution in [0.5, 0.6) is 0 Å². The van der Waals surface area contributed by atoms with Gasteiger partial charge in [-0.15, -0.1) is 0 Å². The van der Waals surface area contributed by atoms with E-state index in [9.17, 15) is 0 Å². The third-order valence-electron chi connectivity index (χ3n) is 0. The van der Waals surface area contributed by atoms with Crippen LogP contribution in [0.4, 0.5) is 0 Å².